The molecule has 9 heteroatoms. The van der Waals surface area contributed by atoms with Gasteiger partial charge in [-0.2, -0.15) is 0 Å². The highest BCUT2D eigenvalue weighted by atomic mass is 32.1. The number of benzene rings is 1. The van der Waals surface area contributed by atoms with Crippen LogP contribution < -0.4 is 5.32 Å². The van der Waals surface area contributed by atoms with Crippen LogP contribution in [0.2, 0.25) is 0 Å². The quantitative estimate of drug-likeness (QED) is 0.614. The molecule has 4 heterocycles. The summed E-state index contributed by atoms with van der Waals surface area (Å²) in [5, 5.41) is 23.6. The molecule has 6 rings (SSSR count). The summed E-state index contributed by atoms with van der Waals surface area (Å²) >= 11 is 1.76. The lowest BCUT2D eigenvalue weighted by Gasteiger charge is -2.29. The molecule has 1 fully saturated rings. The zero-order valence-corrected chi connectivity index (χ0v) is 19.4. The van der Waals surface area contributed by atoms with Crippen molar-refractivity contribution in [1.82, 2.24) is 25.0 Å². The Hall–Kier alpha value is -2.59. The number of aryl methyl sites for hydroxylation is 1. The van der Waals surface area contributed by atoms with Crippen molar-refractivity contribution in [2.24, 2.45) is 5.92 Å². The average Bonchev–Trinajstić information content (AvgIpc) is 3.49. The molecule has 0 bridgehead atoms. The SMILES string of the molecule is Cc1nnc2n1-c1sc3c(c1[C@H](c1ccccc1CO)NC2)C[C@H](C(=O)N1CCOCC1)C3. The second-order valence-electron chi connectivity index (χ2n) is 8.94. The van der Waals surface area contributed by atoms with Crippen molar-refractivity contribution in [2.75, 3.05) is 26.3 Å². The van der Waals surface area contributed by atoms with Gasteiger partial charge in [0, 0.05) is 29.4 Å². The predicted octanol–water partition coefficient (Wildman–Crippen LogP) is 1.90. The molecule has 3 aliphatic rings. The molecule has 3 aromatic rings. The molecule has 0 unspecified atom stereocenters. The lowest BCUT2D eigenvalue weighted by Crippen LogP contribution is -2.44. The zero-order valence-electron chi connectivity index (χ0n) is 18.6. The Bertz CT molecular complexity index is 1210. The highest BCUT2D eigenvalue weighted by molar-refractivity contribution is 7.15. The van der Waals surface area contributed by atoms with Crippen molar-refractivity contribution in [3.63, 3.8) is 0 Å². The van der Waals surface area contributed by atoms with Gasteiger partial charge in [-0.3, -0.25) is 14.7 Å². The lowest BCUT2D eigenvalue weighted by atomic mass is 9.92. The number of amides is 1. The number of nitrogens with zero attached hydrogens (tertiary/aromatic N) is 4. The number of morpholine rings is 1. The van der Waals surface area contributed by atoms with E-state index in [1.807, 2.05) is 30.0 Å². The Balaban J connectivity index is 1.43. The van der Waals surface area contributed by atoms with E-state index in [-0.39, 0.29) is 24.5 Å². The summed E-state index contributed by atoms with van der Waals surface area (Å²) in [6.07, 6.45) is 1.52. The minimum atomic E-state index is -0.0818. The number of thiophene rings is 1. The molecule has 1 aromatic carbocycles. The standard InChI is InChI=1S/C24H27N5O3S/c1-14-26-27-20-12-25-22(17-5-3-2-4-15(17)13-30)21-18-10-16(11-19(18)33-24(21)29(14)20)23(31)28-6-8-32-9-7-28/h2-5,16,22,25,30H,6-13H2,1H3/t16-,22-/m0/s1. The first-order valence-corrected chi connectivity index (χ1v) is 12.3. The van der Waals surface area contributed by atoms with Gasteiger partial charge in [0.25, 0.3) is 0 Å². The van der Waals surface area contributed by atoms with Crippen molar-refractivity contribution < 1.29 is 14.6 Å². The van der Waals surface area contributed by atoms with E-state index in [4.69, 9.17) is 4.74 Å². The summed E-state index contributed by atoms with van der Waals surface area (Å²) in [5.74, 6) is 1.97. The maximum Gasteiger partial charge on any atom is 0.226 e. The molecule has 1 saturated heterocycles. The number of rotatable bonds is 3. The van der Waals surface area contributed by atoms with Crippen LogP contribution in [-0.2, 0) is 35.5 Å². The Morgan fingerprint density at radius 3 is 2.88 bits per heavy atom. The van der Waals surface area contributed by atoms with Crippen LogP contribution in [0, 0.1) is 12.8 Å². The summed E-state index contributed by atoms with van der Waals surface area (Å²) in [7, 11) is 0. The maximum absolute atomic E-state index is 13.3. The number of hydrogen-bond acceptors (Lipinski definition) is 7. The maximum atomic E-state index is 13.3. The Labute approximate surface area is 196 Å². The summed E-state index contributed by atoms with van der Waals surface area (Å²) in [6.45, 7) is 5.15. The van der Waals surface area contributed by atoms with Gasteiger partial charge < -0.3 is 14.7 Å². The average molecular weight is 466 g/mol. The van der Waals surface area contributed by atoms with Gasteiger partial charge in [0.1, 0.15) is 10.8 Å². The fraction of sp³-hybridized carbons (Fsp3) is 0.458. The summed E-state index contributed by atoms with van der Waals surface area (Å²) in [4.78, 5) is 16.5. The van der Waals surface area contributed by atoms with Crippen LogP contribution in [0.15, 0.2) is 24.3 Å². The van der Waals surface area contributed by atoms with Crippen LogP contribution in [0.1, 0.15) is 44.8 Å². The van der Waals surface area contributed by atoms with Gasteiger partial charge in [-0.1, -0.05) is 24.3 Å². The molecule has 2 atom stereocenters. The van der Waals surface area contributed by atoms with Crippen LogP contribution in [0.25, 0.3) is 5.00 Å². The molecule has 2 aliphatic heterocycles. The van der Waals surface area contributed by atoms with Crippen molar-refractivity contribution in [3.05, 3.63) is 63.0 Å². The van der Waals surface area contributed by atoms with Crippen LogP contribution in [0.5, 0.6) is 0 Å². The number of aliphatic hydroxyl groups is 1. The second kappa shape index (κ2) is 8.32. The van der Waals surface area contributed by atoms with Gasteiger partial charge in [0.05, 0.1) is 32.4 Å². The number of nitrogens with one attached hydrogen (secondary N) is 1. The van der Waals surface area contributed by atoms with E-state index in [9.17, 15) is 9.90 Å². The van der Waals surface area contributed by atoms with E-state index >= 15 is 0 Å². The summed E-state index contributed by atoms with van der Waals surface area (Å²) in [5.41, 5.74) is 4.46. The monoisotopic (exact) mass is 465 g/mol. The first kappa shape index (κ1) is 21.0. The number of aliphatic hydroxyl groups excluding tert-OH is 1. The van der Waals surface area contributed by atoms with Gasteiger partial charge >= 0.3 is 0 Å². The third-order valence-corrected chi connectivity index (χ3v) is 8.31. The minimum Gasteiger partial charge on any atom is -0.392 e. The van der Waals surface area contributed by atoms with E-state index in [0.717, 1.165) is 40.6 Å². The van der Waals surface area contributed by atoms with Gasteiger partial charge in [-0.25, -0.2) is 0 Å². The normalized spacial score (nSPS) is 21.9. The molecule has 2 N–H and O–H groups in total. The van der Waals surface area contributed by atoms with Crippen molar-refractivity contribution in [3.8, 4) is 5.00 Å². The lowest BCUT2D eigenvalue weighted by molar-refractivity contribution is -0.139. The summed E-state index contributed by atoms with van der Waals surface area (Å²) < 4.78 is 7.59. The van der Waals surface area contributed by atoms with Gasteiger partial charge in [-0.15, -0.1) is 21.5 Å². The first-order valence-electron chi connectivity index (χ1n) is 11.5. The van der Waals surface area contributed by atoms with Crippen LogP contribution >= 0.6 is 11.3 Å². The van der Waals surface area contributed by atoms with Crippen molar-refractivity contribution >= 4 is 17.2 Å². The van der Waals surface area contributed by atoms with Crippen LogP contribution in [0.3, 0.4) is 0 Å². The van der Waals surface area contributed by atoms with Crippen molar-refractivity contribution in [1.29, 1.82) is 0 Å². The van der Waals surface area contributed by atoms with Crippen molar-refractivity contribution in [2.45, 2.75) is 39.0 Å². The van der Waals surface area contributed by atoms with Gasteiger partial charge in [0.15, 0.2) is 5.82 Å². The predicted molar refractivity (Wildman–Crippen MR) is 123 cm³/mol. The second-order valence-corrected chi connectivity index (χ2v) is 10.0. The number of aromatic nitrogens is 3. The molecule has 172 valence electrons. The van der Waals surface area contributed by atoms with Crippen LogP contribution in [-0.4, -0.2) is 57.0 Å². The molecule has 0 spiro atoms. The van der Waals surface area contributed by atoms with Gasteiger partial charge in [-0.05, 0) is 36.5 Å². The third kappa shape index (κ3) is 3.42. The Morgan fingerprint density at radius 2 is 2.06 bits per heavy atom. The van der Waals surface area contributed by atoms with Gasteiger partial charge in [0.2, 0.25) is 5.91 Å². The molecule has 2 aromatic heterocycles. The number of carbonyl (C=O) groups is 1. The molecular formula is C24H27N5O3S. The fourth-order valence-electron chi connectivity index (χ4n) is 5.43. The molecule has 1 aliphatic carbocycles. The highest BCUT2D eigenvalue weighted by Gasteiger charge is 2.39. The Morgan fingerprint density at radius 1 is 1.24 bits per heavy atom. The van der Waals surface area contributed by atoms with E-state index in [1.54, 1.807) is 11.3 Å². The zero-order chi connectivity index (χ0) is 22.5. The number of fused-ring (bicyclic) bond motifs is 5. The molecule has 33 heavy (non-hydrogen) atoms. The number of carbonyl (C=O) groups excluding carboxylic acids is 1. The number of hydrogen-bond donors (Lipinski definition) is 2. The molecular weight excluding hydrogens is 438 g/mol. The molecule has 1 amide bonds. The largest absolute Gasteiger partial charge is 0.392 e. The number of ether oxygens (including phenoxy) is 1. The molecule has 0 saturated carbocycles. The highest BCUT2D eigenvalue weighted by Crippen LogP contribution is 2.46. The summed E-state index contributed by atoms with van der Waals surface area (Å²) in [6, 6.07) is 7.96. The fourth-order valence-corrected chi connectivity index (χ4v) is 6.94. The topological polar surface area (TPSA) is 92.5 Å². The van der Waals surface area contributed by atoms with E-state index in [2.05, 4.69) is 26.1 Å². The van der Waals surface area contributed by atoms with E-state index in [0.29, 0.717) is 32.8 Å². The van der Waals surface area contributed by atoms with E-state index < -0.39 is 0 Å². The smallest absolute Gasteiger partial charge is 0.226 e. The minimum absolute atomic E-state index is 0.0146. The van der Waals surface area contributed by atoms with E-state index in [1.165, 1.54) is 16.0 Å². The Kier molecular flexibility index (Phi) is 5.29. The molecule has 0 radical (unpaired) electrons. The first-order chi connectivity index (χ1) is 16.2. The molecule has 8 nitrogen and oxygen atoms in total. The third-order valence-electron chi connectivity index (χ3n) is 7.05. The van der Waals surface area contributed by atoms with Crippen LogP contribution in [0.4, 0.5) is 0 Å².